The average Bonchev–Trinajstić information content (AvgIpc) is 3.25. The summed E-state index contributed by atoms with van der Waals surface area (Å²) in [5.41, 5.74) is -0.0170. The van der Waals surface area contributed by atoms with Crippen molar-refractivity contribution in [3.8, 4) is 11.1 Å². The molecule has 0 bridgehead atoms. The highest BCUT2D eigenvalue weighted by molar-refractivity contribution is 5.89. The molecule has 4 rings (SSSR count). The van der Waals surface area contributed by atoms with E-state index in [0.29, 0.717) is 17.0 Å². The van der Waals surface area contributed by atoms with Crippen molar-refractivity contribution in [1.29, 1.82) is 0 Å². The molecular weight excluding hydrogens is 516 g/mol. The predicted octanol–water partition coefficient (Wildman–Crippen LogP) is 6.66. The molecule has 1 unspecified atom stereocenters. The van der Waals surface area contributed by atoms with Gasteiger partial charge in [0.15, 0.2) is 11.6 Å². The number of halogens is 4. The van der Waals surface area contributed by atoms with Gasteiger partial charge >= 0.3 is 12.3 Å². The van der Waals surface area contributed by atoms with E-state index in [0.717, 1.165) is 24.8 Å². The second kappa shape index (κ2) is 10.7. The molecule has 0 aliphatic carbocycles. The lowest BCUT2D eigenvalue weighted by atomic mass is 9.82. The second-order valence-electron chi connectivity index (χ2n) is 10.9. The molecule has 12 heteroatoms. The maximum atomic E-state index is 14.8. The Morgan fingerprint density at radius 1 is 1.08 bits per heavy atom. The highest BCUT2D eigenvalue weighted by atomic mass is 19.4. The molecule has 8 nitrogen and oxygen atoms in total. The average molecular weight is 547 g/mol. The predicted molar refractivity (Wildman–Crippen MR) is 137 cm³/mol. The number of carbonyl (C=O) groups excluding carboxylic acids is 1. The molecule has 3 atom stereocenters. The van der Waals surface area contributed by atoms with Crippen LogP contribution in [0.25, 0.3) is 11.1 Å². The number of hydrogen-bond acceptors (Lipinski definition) is 7. The zero-order chi connectivity index (χ0) is 28.5. The van der Waals surface area contributed by atoms with Gasteiger partial charge in [0, 0.05) is 18.0 Å². The monoisotopic (exact) mass is 546 g/mol. The fourth-order valence-electron chi connectivity index (χ4n) is 4.64. The fourth-order valence-corrected chi connectivity index (χ4v) is 4.64. The van der Waals surface area contributed by atoms with E-state index in [-0.39, 0.29) is 29.7 Å². The summed E-state index contributed by atoms with van der Waals surface area (Å²) in [5, 5.41) is 2.99. The van der Waals surface area contributed by atoms with Crippen LogP contribution in [0.5, 0.6) is 0 Å². The van der Waals surface area contributed by atoms with E-state index >= 15 is 0 Å². The number of benzene rings is 1. The summed E-state index contributed by atoms with van der Waals surface area (Å²) in [4.78, 5) is 30.6. The summed E-state index contributed by atoms with van der Waals surface area (Å²) < 4.78 is 59.3. The molecule has 2 aromatic heterocycles. The molecule has 3 heterocycles. The Balaban J connectivity index is 1.52. The molecule has 0 spiro atoms. The zero-order valence-electron chi connectivity index (χ0n) is 22.3. The van der Waals surface area contributed by atoms with Crippen LogP contribution in [0.15, 0.2) is 42.9 Å². The Bertz CT molecular complexity index is 1330. The maximum Gasteiger partial charge on any atom is 0.416 e. The van der Waals surface area contributed by atoms with Gasteiger partial charge in [0.05, 0.1) is 23.8 Å². The summed E-state index contributed by atoms with van der Waals surface area (Å²) >= 11 is 0. The van der Waals surface area contributed by atoms with Crippen molar-refractivity contribution in [2.45, 2.75) is 59.3 Å². The van der Waals surface area contributed by atoms with Gasteiger partial charge in [0.2, 0.25) is 5.95 Å². The Labute approximate surface area is 223 Å². The van der Waals surface area contributed by atoms with Gasteiger partial charge in [-0.15, -0.1) is 0 Å². The van der Waals surface area contributed by atoms with E-state index in [1.165, 1.54) is 23.4 Å². The number of aromatic nitrogens is 4. The SMILES string of the molecule is CC(Nc1ncc(F)c(N2C(=O)OC[C@@H]2[C@@H](C)CC(C)(C)C)n1)c1ncc(-c2cccc(C(F)(F)F)c2)cn1. The summed E-state index contributed by atoms with van der Waals surface area (Å²) in [6, 6.07) is 3.97. The minimum Gasteiger partial charge on any atom is -0.447 e. The number of nitrogens with one attached hydrogen (secondary N) is 1. The van der Waals surface area contributed by atoms with Gasteiger partial charge in [-0.25, -0.2) is 24.1 Å². The molecule has 208 valence electrons. The smallest absolute Gasteiger partial charge is 0.416 e. The van der Waals surface area contributed by atoms with Crippen LogP contribution in [0.3, 0.4) is 0 Å². The van der Waals surface area contributed by atoms with Crippen LogP contribution < -0.4 is 10.2 Å². The van der Waals surface area contributed by atoms with E-state index in [1.807, 2.05) is 6.92 Å². The Morgan fingerprint density at radius 2 is 1.77 bits per heavy atom. The van der Waals surface area contributed by atoms with Crippen LogP contribution in [0, 0.1) is 17.2 Å². The Hall–Kier alpha value is -3.83. The van der Waals surface area contributed by atoms with Gasteiger partial charge < -0.3 is 10.1 Å². The first-order valence-corrected chi connectivity index (χ1v) is 12.5. The molecule has 3 aromatic rings. The number of anilines is 2. The lowest BCUT2D eigenvalue weighted by molar-refractivity contribution is -0.137. The Kier molecular flexibility index (Phi) is 7.76. The minimum absolute atomic E-state index is 0.000230. The molecule has 39 heavy (non-hydrogen) atoms. The van der Waals surface area contributed by atoms with Crippen LogP contribution in [0.4, 0.5) is 34.1 Å². The molecule has 1 N–H and O–H groups in total. The summed E-state index contributed by atoms with van der Waals surface area (Å²) in [7, 11) is 0. The summed E-state index contributed by atoms with van der Waals surface area (Å²) in [6.07, 6.45) is -0.520. The minimum atomic E-state index is -4.46. The van der Waals surface area contributed by atoms with Crippen molar-refractivity contribution in [3.05, 3.63) is 60.1 Å². The molecule has 1 aliphatic rings. The first-order valence-electron chi connectivity index (χ1n) is 12.5. The topological polar surface area (TPSA) is 93.1 Å². The van der Waals surface area contributed by atoms with Gasteiger partial charge in [0.25, 0.3) is 0 Å². The number of amides is 1. The third-order valence-corrected chi connectivity index (χ3v) is 6.38. The van der Waals surface area contributed by atoms with E-state index in [4.69, 9.17) is 4.74 Å². The number of cyclic esters (lactones) is 1. The number of ether oxygens (including phenoxy) is 1. The fraction of sp³-hybridized carbons (Fsp3) is 0.444. The van der Waals surface area contributed by atoms with E-state index in [1.54, 1.807) is 13.0 Å². The molecule has 1 fully saturated rings. The van der Waals surface area contributed by atoms with Gasteiger partial charge in [0.1, 0.15) is 12.4 Å². The van der Waals surface area contributed by atoms with E-state index < -0.39 is 35.7 Å². The molecular formula is C27H30F4N6O2. The number of nitrogens with zero attached hydrogens (tertiary/aromatic N) is 5. The van der Waals surface area contributed by atoms with E-state index in [2.05, 4.69) is 46.0 Å². The maximum absolute atomic E-state index is 14.8. The number of rotatable bonds is 7. The normalized spacial score (nSPS) is 17.6. The standard InChI is InChI=1S/C27H30F4N6O2/c1-15(10-26(3,4)5)21-14-39-25(38)37(21)23-20(28)13-34-24(36-23)35-16(2)22-32-11-18(12-33-22)17-7-6-8-19(9-17)27(29,30)31/h6-9,11-13,15-16,21H,10,14H2,1-5H3,(H,34,35,36)/t15-,16?,21+/m0/s1. The molecule has 0 saturated carbocycles. The Morgan fingerprint density at radius 3 is 2.41 bits per heavy atom. The highest BCUT2D eigenvalue weighted by Crippen LogP contribution is 2.34. The summed E-state index contributed by atoms with van der Waals surface area (Å²) in [6.45, 7) is 10.1. The van der Waals surface area contributed by atoms with Gasteiger partial charge in [-0.3, -0.25) is 4.90 Å². The third kappa shape index (κ3) is 6.61. The molecule has 1 aromatic carbocycles. The number of hydrogen-bond donors (Lipinski definition) is 1. The summed E-state index contributed by atoms with van der Waals surface area (Å²) in [5.74, 6) is -0.566. The lowest BCUT2D eigenvalue weighted by Gasteiger charge is -2.30. The zero-order valence-corrected chi connectivity index (χ0v) is 22.3. The lowest BCUT2D eigenvalue weighted by Crippen LogP contribution is -2.40. The molecule has 1 aliphatic heterocycles. The van der Waals surface area contributed by atoms with Crippen LogP contribution in [0.2, 0.25) is 0 Å². The van der Waals surface area contributed by atoms with Crippen molar-refractivity contribution in [1.82, 2.24) is 19.9 Å². The van der Waals surface area contributed by atoms with Gasteiger partial charge in [-0.1, -0.05) is 39.8 Å². The van der Waals surface area contributed by atoms with Crippen LogP contribution in [-0.2, 0) is 10.9 Å². The van der Waals surface area contributed by atoms with Crippen molar-refractivity contribution >= 4 is 17.9 Å². The van der Waals surface area contributed by atoms with Crippen molar-refractivity contribution in [2.75, 3.05) is 16.8 Å². The second-order valence-corrected chi connectivity index (χ2v) is 10.9. The highest BCUT2D eigenvalue weighted by Gasteiger charge is 2.41. The van der Waals surface area contributed by atoms with Gasteiger partial charge in [-0.2, -0.15) is 18.2 Å². The van der Waals surface area contributed by atoms with Crippen LogP contribution in [-0.4, -0.2) is 38.7 Å². The van der Waals surface area contributed by atoms with E-state index in [9.17, 15) is 22.4 Å². The van der Waals surface area contributed by atoms with Crippen LogP contribution in [0.1, 0.15) is 58.5 Å². The largest absolute Gasteiger partial charge is 0.447 e. The molecule has 1 amide bonds. The molecule has 0 radical (unpaired) electrons. The number of carbonyl (C=O) groups is 1. The molecule has 1 saturated heterocycles. The quantitative estimate of drug-likeness (QED) is 0.331. The number of alkyl halides is 3. The van der Waals surface area contributed by atoms with Crippen molar-refractivity contribution in [3.63, 3.8) is 0 Å². The van der Waals surface area contributed by atoms with Crippen molar-refractivity contribution in [2.24, 2.45) is 11.3 Å². The van der Waals surface area contributed by atoms with Crippen molar-refractivity contribution < 1.29 is 27.1 Å². The van der Waals surface area contributed by atoms with Crippen LogP contribution >= 0.6 is 0 Å². The third-order valence-electron chi connectivity index (χ3n) is 6.38. The first-order chi connectivity index (χ1) is 18.2. The first kappa shape index (κ1) is 28.2. The van der Waals surface area contributed by atoms with Gasteiger partial charge in [-0.05, 0) is 42.4 Å².